The summed E-state index contributed by atoms with van der Waals surface area (Å²) in [6.45, 7) is 4.03. The van der Waals surface area contributed by atoms with E-state index in [-0.39, 0.29) is 24.7 Å². The van der Waals surface area contributed by atoms with Gasteiger partial charge in [0, 0.05) is 12.1 Å². The molecule has 0 saturated heterocycles. The van der Waals surface area contributed by atoms with E-state index in [0.29, 0.717) is 29.4 Å². The van der Waals surface area contributed by atoms with Crippen LogP contribution < -0.4 is 0 Å². The first-order valence-electron chi connectivity index (χ1n) is 10.1. The van der Waals surface area contributed by atoms with Crippen LogP contribution >= 0.6 is 0 Å². The van der Waals surface area contributed by atoms with E-state index in [1.165, 1.54) is 15.7 Å². The molecule has 1 amide bonds. The van der Waals surface area contributed by atoms with Crippen molar-refractivity contribution in [3.05, 3.63) is 59.0 Å². The topological polar surface area (TPSA) is 108 Å². The Labute approximate surface area is 186 Å². The van der Waals surface area contributed by atoms with E-state index in [9.17, 15) is 23.1 Å². The molecule has 1 aliphatic rings. The lowest BCUT2D eigenvalue weighted by molar-refractivity contribution is -0.263. The van der Waals surface area contributed by atoms with Gasteiger partial charge in [0.15, 0.2) is 5.82 Å². The van der Waals surface area contributed by atoms with Crippen LogP contribution in [0.5, 0.6) is 0 Å². The monoisotopic (exact) mass is 459 g/mol. The molecule has 0 unspecified atom stereocenters. The molecule has 11 heteroatoms. The van der Waals surface area contributed by atoms with E-state index in [1.54, 1.807) is 38.1 Å². The van der Waals surface area contributed by atoms with Crippen LogP contribution in [0, 0.1) is 18.3 Å². The molecule has 3 aromatic rings. The van der Waals surface area contributed by atoms with Gasteiger partial charge in [-0.1, -0.05) is 0 Å². The van der Waals surface area contributed by atoms with Crippen molar-refractivity contribution in [2.24, 2.45) is 0 Å². The van der Waals surface area contributed by atoms with Crippen molar-refractivity contribution in [1.29, 1.82) is 5.26 Å². The first-order chi connectivity index (χ1) is 15.4. The van der Waals surface area contributed by atoms with Gasteiger partial charge in [-0.25, -0.2) is 9.97 Å². The first kappa shape index (κ1) is 22.5. The average molecular weight is 459 g/mol. The number of imidazole rings is 1. The minimum absolute atomic E-state index is 0.00352. The second kappa shape index (κ2) is 7.74. The molecular formula is C22H20F3N5O3. The number of rotatable bonds is 3. The maximum Gasteiger partial charge on any atom is 0.424 e. The SMILES string of the molecule is Cc1nc(-c2ccc(C#N)cc2)oc1C(=O)N1Cc2cnc([C@@](C)(O)C(F)(F)F)n2[C@@H](C)C1. The second-order valence-electron chi connectivity index (χ2n) is 8.17. The number of carbonyl (C=O) groups excluding carboxylic acids is 1. The van der Waals surface area contributed by atoms with Crippen molar-refractivity contribution in [3.63, 3.8) is 0 Å². The summed E-state index contributed by atoms with van der Waals surface area (Å²) in [7, 11) is 0. The summed E-state index contributed by atoms with van der Waals surface area (Å²) >= 11 is 0. The number of oxazole rings is 1. The highest BCUT2D eigenvalue weighted by Crippen LogP contribution is 2.40. The Morgan fingerprint density at radius 3 is 2.58 bits per heavy atom. The van der Waals surface area contributed by atoms with Gasteiger partial charge in [-0.2, -0.15) is 18.4 Å². The molecule has 2 aromatic heterocycles. The minimum Gasteiger partial charge on any atom is -0.431 e. The van der Waals surface area contributed by atoms with Crippen molar-refractivity contribution >= 4 is 5.91 Å². The van der Waals surface area contributed by atoms with Crippen LogP contribution in [0.25, 0.3) is 11.5 Å². The maximum atomic E-state index is 13.3. The third-order valence-corrected chi connectivity index (χ3v) is 5.68. The Kier molecular flexibility index (Phi) is 5.29. The largest absolute Gasteiger partial charge is 0.431 e. The zero-order valence-corrected chi connectivity index (χ0v) is 18.0. The molecule has 0 bridgehead atoms. The second-order valence-corrected chi connectivity index (χ2v) is 8.17. The van der Waals surface area contributed by atoms with Crippen molar-refractivity contribution in [3.8, 4) is 17.5 Å². The van der Waals surface area contributed by atoms with Gasteiger partial charge in [-0.3, -0.25) is 4.79 Å². The van der Waals surface area contributed by atoms with Crippen LogP contribution in [-0.4, -0.2) is 43.2 Å². The standard InChI is InChI=1S/C22H20F3N5O3/c1-12-10-29(11-16-9-27-20(30(12)16)21(3,32)22(23,24)25)19(31)17-13(2)28-18(33-17)15-6-4-14(8-26)5-7-15/h4-7,9,12,32H,10-11H2,1-3H3/t12-,21+/m0/s1. The number of benzene rings is 1. The number of aliphatic hydroxyl groups is 1. The molecule has 2 atom stereocenters. The highest BCUT2D eigenvalue weighted by molar-refractivity contribution is 5.93. The van der Waals surface area contributed by atoms with Crippen LogP contribution in [0.15, 0.2) is 34.9 Å². The van der Waals surface area contributed by atoms with Gasteiger partial charge in [0.25, 0.3) is 5.91 Å². The Morgan fingerprint density at radius 2 is 1.97 bits per heavy atom. The Bertz CT molecular complexity index is 1250. The van der Waals surface area contributed by atoms with Crippen LogP contribution in [-0.2, 0) is 12.1 Å². The molecule has 0 spiro atoms. The number of fused-ring (bicyclic) bond motifs is 1. The van der Waals surface area contributed by atoms with Crippen LogP contribution in [0.2, 0.25) is 0 Å². The summed E-state index contributed by atoms with van der Waals surface area (Å²) in [6, 6.07) is 7.99. The number of hydrogen-bond acceptors (Lipinski definition) is 6. The van der Waals surface area contributed by atoms with Gasteiger partial charge in [-0.05, 0) is 45.0 Å². The lowest BCUT2D eigenvalue weighted by Gasteiger charge is -2.35. The van der Waals surface area contributed by atoms with Gasteiger partial charge >= 0.3 is 6.18 Å². The summed E-state index contributed by atoms with van der Waals surface area (Å²) < 4.78 is 47.1. The molecule has 8 nitrogen and oxygen atoms in total. The van der Waals surface area contributed by atoms with Gasteiger partial charge < -0.3 is 19.0 Å². The molecule has 0 saturated carbocycles. The average Bonchev–Trinajstić information content (AvgIpc) is 3.37. The van der Waals surface area contributed by atoms with Crippen LogP contribution in [0.1, 0.15) is 53.2 Å². The Hall–Kier alpha value is -3.65. The molecule has 1 aliphatic heterocycles. The number of aryl methyl sites for hydroxylation is 1. The number of carbonyl (C=O) groups is 1. The smallest absolute Gasteiger partial charge is 0.424 e. The summed E-state index contributed by atoms with van der Waals surface area (Å²) in [5, 5.41) is 19.0. The van der Waals surface area contributed by atoms with Crippen molar-refractivity contribution < 1.29 is 27.5 Å². The van der Waals surface area contributed by atoms with E-state index in [2.05, 4.69) is 9.97 Å². The zero-order chi connectivity index (χ0) is 24.1. The predicted octanol–water partition coefficient (Wildman–Crippen LogP) is 3.71. The number of nitrogens with zero attached hydrogens (tertiary/aromatic N) is 5. The first-order valence-corrected chi connectivity index (χ1v) is 10.1. The molecule has 172 valence electrons. The molecular weight excluding hydrogens is 439 g/mol. The highest BCUT2D eigenvalue weighted by atomic mass is 19.4. The van der Waals surface area contributed by atoms with Crippen molar-refractivity contribution in [2.75, 3.05) is 6.54 Å². The number of amides is 1. The fourth-order valence-corrected chi connectivity index (χ4v) is 3.86. The van der Waals surface area contributed by atoms with E-state index >= 15 is 0 Å². The predicted molar refractivity (Wildman–Crippen MR) is 109 cm³/mol. The molecule has 33 heavy (non-hydrogen) atoms. The molecule has 1 aromatic carbocycles. The molecule has 0 radical (unpaired) electrons. The summed E-state index contributed by atoms with van der Waals surface area (Å²) in [6.07, 6.45) is -3.67. The number of hydrogen-bond donors (Lipinski definition) is 1. The maximum absolute atomic E-state index is 13.3. The lowest BCUT2D eigenvalue weighted by atomic mass is 10.0. The molecule has 3 heterocycles. The third kappa shape index (κ3) is 3.76. The summed E-state index contributed by atoms with van der Waals surface area (Å²) in [5.41, 5.74) is -1.32. The van der Waals surface area contributed by atoms with E-state index in [1.807, 2.05) is 6.07 Å². The van der Waals surface area contributed by atoms with Crippen molar-refractivity contribution in [1.82, 2.24) is 19.4 Å². The van der Waals surface area contributed by atoms with Gasteiger partial charge in [-0.15, -0.1) is 0 Å². The van der Waals surface area contributed by atoms with Crippen LogP contribution in [0.3, 0.4) is 0 Å². The molecule has 0 aliphatic carbocycles. The minimum atomic E-state index is -4.90. The van der Waals surface area contributed by atoms with E-state index in [4.69, 9.17) is 9.68 Å². The molecule has 0 fully saturated rings. The molecule has 4 rings (SSSR count). The highest BCUT2D eigenvalue weighted by Gasteiger charge is 2.55. The fraction of sp³-hybridized carbons (Fsp3) is 0.364. The Balaban J connectivity index is 1.61. The van der Waals surface area contributed by atoms with Gasteiger partial charge in [0.2, 0.25) is 17.3 Å². The van der Waals surface area contributed by atoms with E-state index in [0.717, 1.165) is 0 Å². The van der Waals surface area contributed by atoms with Crippen LogP contribution in [0.4, 0.5) is 13.2 Å². The summed E-state index contributed by atoms with van der Waals surface area (Å²) in [4.78, 5) is 22.8. The number of nitriles is 1. The Morgan fingerprint density at radius 1 is 1.30 bits per heavy atom. The third-order valence-electron chi connectivity index (χ3n) is 5.68. The van der Waals surface area contributed by atoms with Crippen molar-refractivity contribution in [2.45, 2.75) is 45.1 Å². The lowest BCUT2D eigenvalue weighted by Crippen LogP contribution is -2.45. The van der Waals surface area contributed by atoms with Gasteiger partial charge in [0.1, 0.15) is 0 Å². The molecule has 1 N–H and O–H groups in total. The zero-order valence-electron chi connectivity index (χ0n) is 18.0. The normalized spacial score (nSPS) is 17.9. The quantitative estimate of drug-likeness (QED) is 0.640. The van der Waals surface area contributed by atoms with Gasteiger partial charge in [0.05, 0.1) is 41.8 Å². The van der Waals surface area contributed by atoms with E-state index < -0.39 is 29.6 Å². The fourth-order valence-electron chi connectivity index (χ4n) is 3.86. The number of halogens is 3. The number of alkyl halides is 3. The summed E-state index contributed by atoms with van der Waals surface area (Å²) in [5.74, 6) is -0.720. The number of aromatic nitrogens is 3.